The molecule has 1 amide bonds. The van der Waals surface area contributed by atoms with Crippen molar-refractivity contribution in [3.63, 3.8) is 0 Å². The Bertz CT molecular complexity index is 1160. The number of anilines is 1. The van der Waals surface area contributed by atoms with Crippen molar-refractivity contribution in [3.05, 3.63) is 90.2 Å². The number of fused-ring (bicyclic) bond motifs is 1. The highest BCUT2D eigenvalue weighted by atomic mass is 19.3. The summed E-state index contributed by atoms with van der Waals surface area (Å²) in [5.74, 6) is -0.0500. The summed E-state index contributed by atoms with van der Waals surface area (Å²) in [6.07, 6.45) is 0. The quantitative estimate of drug-likeness (QED) is 0.415. The molecule has 3 aromatic carbocycles. The van der Waals surface area contributed by atoms with Gasteiger partial charge in [-0.3, -0.25) is 4.79 Å². The van der Waals surface area contributed by atoms with Crippen LogP contribution in [0, 0.1) is 0 Å². The number of halogens is 2. The number of hydrogen-bond donors (Lipinski definition) is 1. The van der Waals surface area contributed by atoms with Crippen LogP contribution >= 0.6 is 0 Å². The largest absolute Gasteiger partial charge is 0.489 e. The third-order valence-corrected chi connectivity index (χ3v) is 4.38. The van der Waals surface area contributed by atoms with Crippen LogP contribution in [0.5, 0.6) is 11.5 Å². The van der Waals surface area contributed by atoms with Gasteiger partial charge in [-0.05, 0) is 30.3 Å². The first-order valence-electron chi connectivity index (χ1n) is 9.15. The zero-order valence-corrected chi connectivity index (χ0v) is 15.7. The highest BCUT2D eigenvalue weighted by molar-refractivity contribution is 6.07. The molecule has 0 bridgehead atoms. The second-order valence-corrected chi connectivity index (χ2v) is 6.34. The van der Waals surface area contributed by atoms with Gasteiger partial charge in [-0.1, -0.05) is 48.5 Å². The second kappa shape index (κ2) is 8.65. The maximum absolute atomic E-state index is 13.0. The van der Waals surface area contributed by atoms with Crippen molar-refractivity contribution in [2.24, 2.45) is 0 Å². The van der Waals surface area contributed by atoms with Crippen LogP contribution in [0.2, 0.25) is 0 Å². The van der Waals surface area contributed by atoms with E-state index >= 15 is 0 Å². The van der Waals surface area contributed by atoms with Gasteiger partial charge in [-0.2, -0.15) is 8.78 Å². The topological polar surface area (TPSA) is 60.7 Å². The van der Waals surface area contributed by atoms with Crippen LogP contribution in [0.3, 0.4) is 0 Å². The van der Waals surface area contributed by atoms with Crippen molar-refractivity contribution in [2.75, 3.05) is 5.32 Å². The number of alkyl halides is 2. The first-order chi connectivity index (χ1) is 14.6. The number of para-hydroxylation sites is 4. The monoisotopic (exact) mass is 409 g/mol. The summed E-state index contributed by atoms with van der Waals surface area (Å²) in [4.78, 5) is 13.0. The predicted molar refractivity (Wildman–Crippen MR) is 108 cm³/mol. The third kappa shape index (κ3) is 4.25. The average molecular weight is 409 g/mol. The fourth-order valence-corrected chi connectivity index (χ4v) is 3.05. The fraction of sp³-hybridized carbons (Fsp3) is 0.0870. The molecule has 0 unspecified atom stereocenters. The minimum absolute atomic E-state index is 0.0407. The summed E-state index contributed by atoms with van der Waals surface area (Å²) in [5, 5.41) is 3.32. The number of benzene rings is 3. The standard InChI is InChI=1S/C23H17F2NO4/c24-23(25)30-20-13-7-5-11-18(20)26-22(27)21-17(14-28-15-8-2-1-3-9-15)16-10-4-6-12-19(16)29-21/h1-13,23H,14H2,(H,26,27). The maximum atomic E-state index is 13.0. The highest BCUT2D eigenvalue weighted by Gasteiger charge is 2.22. The molecule has 0 saturated heterocycles. The van der Waals surface area contributed by atoms with Gasteiger partial charge in [0.05, 0.1) is 5.69 Å². The molecule has 0 aliphatic heterocycles. The molecule has 152 valence electrons. The Morgan fingerprint density at radius 1 is 0.933 bits per heavy atom. The minimum Gasteiger partial charge on any atom is -0.489 e. The van der Waals surface area contributed by atoms with Gasteiger partial charge in [0.2, 0.25) is 0 Å². The molecule has 0 atom stereocenters. The van der Waals surface area contributed by atoms with Crippen LogP contribution in [-0.4, -0.2) is 12.5 Å². The van der Waals surface area contributed by atoms with Crippen molar-refractivity contribution in [1.82, 2.24) is 0 Å². The molecule has 0 saturated carbocycles. The SMILES string of the molecule is O=C(Nc1ccccc1OC(F)F)c1oc2ccccc2c1COc1ccccc1. The Morgan fingerprint density at radius 3 is 2.43 bits per heavy atom. The number of ether oxygens (including phenoxy) is 2. The summed E-state index contributed by atoms with van der Waals surface area (Å²) in [5.41, 5.74) is 1.18. The number of carbonyl (C=O) groups is 1. The van der Waals surface area contributed by atoms with E-state index < -0.39 is 12.5 Å². The fourth-order valence-electron chi connectivity index (χ4n) is 3.05. The Kier molecular flexibility index (Phi) is 5.61. The lowest BCUT2D eigenvalue weighted by atomic mass is 10.1. The van der Waals surface area contributed by atoms with E-state index in [4.69, 9.17) is 9.15 Å². The summed E-state index contributed by atoms with van der Waals surface area (Å²) in [6, 6.07) is 22.3. The number of furan rings is 1. The van der Waals surface area contributed by atoms with Gasteiger partial charge in [0.25, 0.3) is 5.91 Å². The van der Waals surface area contributed by atoms with Crippen LogP contribution in [0.25, 0.3) is 11.0 Å². The van der Waals surface area contributed by atoms with E-state index in [1.807, 2.05) is 30.3 Å². The lowest BCUT2D eigenvalue weighted by molar-refractivity contribution is -0.0493. The van der Waals surface area contributed by atoms with Gasteiger partial charge >= 0.3 is 6.61 Å². The molecular weight excluding hydrogens is 392 g/mol. The van der Waals surface area contributed by atoms with E-state index in [1.165, 1.54) is 18.2 Å². The molecule has 0 aliphatic carbocycles. The first-order valence-corrected chi connectivity index (χ1v) is 9.15. The van der Waals surface area contributed by atoms with Crippen LogP contribution in [-0.2, 0) is 6.61 Å². The van der Waals surface area contributed by atoms with Gasteiger partial charge in [0.15, 0.2) is 5.76 Å². The summed E-state index contributed by atoms with van der Waals surface area (Å²) in [6.45, 7) is -2.91. The van der Waals surface area contributed by atoms with Crippen LogP contribution in [0.1, 0.15) is 16.1 Å². The second-order valence-electron chi connectivity index (χ2n) is 6.34. The zero-order chi connectivity index (χ0) is 20.9. The van der Waals surface area contributed by atoms with Gasteiger partial charge in [-0.15, -0.1) is 0 Å². The van der Waals surface area contributed by atoms with Crippen molar-refractivity contribution < 1.29 is 27.5 Å². The van der Waals surface area contributed by atoms with Crippen LogP contribution in [0.15, 0.2) is 83.3 Å². The Hall–Kier alpha value is -3.87. The lowest BCUT2D eigenvalue weighted by Gasteiger charge is -2.11. The molecular formula is C23H17F2NO4. The molecule has 0 aliphatic rings. The molecule has 0 spiro atoms. The van der Waals surface area contributed by atoms with Gasteiger partial charge in [0.1, 0.15) is 23.7 Å². The van der Waals surface area contributed by atoms with Gasteiger partial charge < -0.3 is 19.2 Å². The molecule has 7 heteroatoms. The van der Waals surface area contributed by atoms with E-state index in [2.05, 4.69) is 10.1 Å². The van der Waals surface area contributed by atoms with E-state index in [-0.39, 0.29) is 23.8 Å². The molecule has 5 nitrogen and oxygen atoms in total. The van der Waals surface area contributed by atoms with E-state index in [9.17, 15) is 13.6 Å². The Labute approximate surface area is 170 Å². The molecule has 0 fully saturated rings. The first kappa shape index (κ1) is 19.4. The van der Waals surface area contributed by atoms with E-state index in [0.29, 0.717) is 16.9 Å². The van der Waals surface area contributed by atoms with Gasteiger partial charge in [-0.25, -0.2) is 0 Å². The third-order valence-electron chi connectivity index (χ3n) is 4.38. The van der Waals surface area contributed by atoms with Crippen molar-refractivity contribution in [1.29, 1.82) is 0 Å². The minimum atomic E-state index is -3.01. The molecule has 1 N–H and O–H groups in total. The summed E-state index contributed by atoms with van der Waals surface area (Å²) < 4.78 is 41.4. The summed E-state index contributed by atoms with van der Waals surface area (Å²) in [7, 11) is 0. The van der Waals surface area contributed by atoms with Gasteiger partial charge in [0, 0.05) is 10.9 Å². The predicted octanol–water partition coefficient (Wildman–Crippen LogP) is 5.87. The normalized spacial score (nSPS) is 10.9. The average Bonchev–Trinajstić information content (AvgIpc) is 3.13. The van der Waals surface area contributed by atoms with Crippen molar-refractivity contribution >= 4 is 22.6 Å². The number of nitrogens with one attached hydrogen (secondary N) is 1. The molecule has 4 rings (SSSR count). The molecule has 30 heavy (non-hydrogen) atoms. The summed E-state index contributed by atoms with van der Waals surface area (Å²) >= 11 is 0. The zero-order valence-electron chi connectivity index (χ0n) is 15.7. The smallest absolute Gasteiger partial charge is 0.387 e. The Balaban J connectivity index is 1.64. The van der Waals surface area contributed by atoms with Crippen molar-refractivity contribution in [3.8, 4) is 11.5 Å². The number of hydrogen-bond acceptors (Lipinski definition) is 4. The number of rotatable bonds is 7. The molecule has 1 aromatic heterocycles. The molecule has 4 aromatic rings. The lowest BCUT2D eigenvalue weighted by Crippen LogP contribution is -2.15. The van der Waals surface area contributed by atoms with E-state index in [0.717, 1.165) is 5.39 Å². The number of amides is 1. The highest BCUT2D eigenvalue weighted by Crippen LogP contribution is 2.30. The number of carbonyl (C=O) groups excluding carboxylic acids is 1. The molecule has 1 heterocycles. The van der Waals surface area contributed by atoms with Crippen LogP contribution < -0.4 is 14.8 Å². The maximum Gasteiger partial charge on any atom is 0.387 e. The molecule has 0 radical (unpaired) electrons. The van der Waals surface area contributed by atoms with E-state index in [1.54, 1.807) is 30.3 Å². The van der Waals surface area contributed by atoms with Crippen molar-refractivity contribution in [2.45, 2.75) is 13.2 Å². The van der Waals surface area contributed by atoms with Crippen LogP contribution in [0.4, 0.5) is 14.5 Å². The Morgan fingerprint density at radius 2 is 1.63 bits per heavy atom.